The Kier molecular flexibility index (Phi) is 8.93. The normalized spacial score (nSPS) is 21.8. The fourth-order valence-electron chi connectivity index (χ4n) is 8.91. The number of imidazole rings is 2. The number of aromatic nitrogens is 5. The quantitative estimate of drug-likeness (QED) is 0.186. The summed E-state index contributed by atoms with van der Waals surface area (Å²) in [6, 6.07) is 14.3. The van der Waals surface area contributed by atoms with E-state index < -0.39 is 29.5 Å². The van der Waals surface area contributed by atoms with Gasteiger partial charge in [0.05, 0.1) is 54.7 Å². The topological polar surface area (TPSA) is 131 Å². The van der Waals surface area contributed by atoms with Crippen LogP contribution in [0, 0.1) is 5.41 Å². The van der Waals surface area contributed by atoms with Crippen molar-refractivity contribution in [1.29, 1.82) is 0 Å². The minimum Gasteiger partial charge on any atom is -0.492 e. The minimum absolute atomic E-state index is 0.0302. The second-order valence-electron chi connectivity index (χ2n) is 18.4. The SMILES string of the molecule is CC(C)(C)OC(=O)N1CCCC1c1ncc(-c2ccc3c(c2)cc2n3CC3(CCC3)COc3cc(-c4cnc(C5C[C@H](F)CN5C(=O)OC(C)(C)C)[nH]4)ccc3-2)[nH]1. The number of rotatable bonds is 4. The van der Waals surface area contributed by atoms with E-state index in [0.717, 1.165) is 83.0 Å². The molecule has 57 heavy (non-hydrogen) atoms. The van der Waals surface area contributed by atoms with E-state index in [1.165, 1.54) is 16.8 Å². The predicted octanol–water partition coefficient (Wildman–Crippen LogP) is 9.74. The Hall–Kier alpha value is -5.33. The maximum Gasteiger partial charge on any atom is 0.411 e. The summed E-state index contributed by atoms with van der Waals surface area (Å²) in [7, 11) is 0. The number of aromatic amines is 2. The molecule has 13 heteroatoms. The maximum absolute atomic E-state index is 14.7. The summed E-state index contributed by atoms with van der Waals surface area (Å²) in [6.07, 6.45) is 6.87. The third-order valence-corrected chi connectivity index (χ3v) is 11.8. The van der Waals surface area contributed by atoms with Crippen LogP contribution in [-0.2, 0) is 16.0 Å². The molecule has 12 nitrogen and oxygen atoms in total. The summed E-state index contributed by atoms with van der Waals surface area (Å²) in [4.78, 5) is 45.5. The van der Waals surface area contributed by atoms with Crippen molar-refractivity contribution < 1.29 is 28.2 Å². The molecule has 1 saturated carbocycles. The zero-order valence-electron chi connectivity index (χ0n) is 33.7. The van der Waals surface area contributed by atoms with Gasteiger partial charge >= 0.3 is 12.2 Å². The first kappa shape index (κ1) is 37.3. The Bertz CT molecular complexity index is 2340. The summed E-state index contributed by atoms with van der Waals surface area (Å²) in [5, 5.41) is 1.12. The highest BCUT2D eigenvalue weighted by molar-refractivity contribution is 5.91. The molecule has 300 valence electrons. The van der Waals surface area contributed by atoms with E-state index in [1.807, 2.05) is 27.0 Å². The first-order chi connectivity index (χ1) is 27.1. The van der Waals surface area contributed by atoms with Crippen molar-refractivity contribution in [2.75, 3.05) is 19.7 Å². The average molecular weight is 778 g/mol. The third kappa shape index (κ3) is 7.14. The van der Waals surface area contributed by atoms with Crippen molar-refractivity contribution in [2.45, 2.75) is 116 Å². The lowest BCUT2D eigenvalue weighted by molar-refractivity contribution is 0.0204. The van der Waals surface area contributed by atoms with Gasteiger partial charge in [0, 0.05) is 52.5 Å². The van der Waals surface area contributed by atoms with E-state index in [0.29, 0.717) is 19.0 Å². The van der Waals surface area contributed by atoms with Gasteiger partial charge in [-0.15, -0.1) is 0 Å². The molecule has 5 aromatic rings. The molecule has 3 aromatic heterocycles. The van der Waals surface area contributed by atoms with Crippen molar-refractivity contribution in [1.82, 2.24) is 34.3 Å². The Morgan fingerprint density at radius 1 is 0.842 bits per heavy atom. The maximum atomic E-state index is 14.7. The third-order valence-electron chi connectivity index (χ3n) is 11.8. The number of halogens is 1. The van der Waals surface area contributed by atoms with Crippen LogP contribution in [0.2, 0.25) is 0 Å². The number of ether oxygens (including phenoxy) is 3. The Balaban J connectivity index is 1.01. The smallest absolute Gasteiger partial charge is 0.411 e. The molecule has 2 N–H and O–H groups in total. The number of carbonyl (C=O) groups excluding carboxylic acids is 2. The number of likely N-dealkylation sites (tertiary alicyclic amines) is 2. The number of benzene rings is 2. The summed E-state index contributed by atoms with van der Waals surface area (Å²) in [5.41, 5.74) is 5.63. The standard InChI is InChI=1S/C44H52FN7O5/c1-42(2,3)56-40(53)50-16-7-9-34(50)38-46-21-31(48-38)26-11-13-33-28(17-26)18-35-30-12-10-27(19-37(30)55-25-44(14-8-15-44)24-52(33)35)32-22-47-39(49-32)36-20-29(45)23-51(36)41(54)57-43(4,5)6/h10-13,17-19,21-22,29,34,36H,7-9,14-16,20,23-25H2,1-6H3,(H,46,48)(H,47,49)/t29-,34?,36?/m0/s1. The summed E-state index contributed by atoms with van der Waals surface area (Å²) in [5.74, 6) is 2.09. The number of nitrogens with zero attached hydrogens (tertiary/aromatic N) is 5. The lowest BCUT2D eigenvalue weighted by Crippen LogP contribution is -2.40. The Morgan fingerprint density at radius 3 is 2.16 bits per heavy atom. The summed E-state index contributed by atoms with van der Waals surface area (Å²) >= 11 is 0. The molecular formula is C44H52FN7O5. The van der Waals surface area contributed by atoms with Crippen molar-refractivity contribution in [2.24, 2.45) is 5.41 Å². The van der Waals surface area contributed by atoms with Crippen LogP contribution < -0.4 is 4.74 Å². The predicted molar refractivity (Wildman–Crippen MR) is 214 cm³/mol. The zero-order chi connectivity index (χ0) is 39.9. The zero-order valence-corrected chi connectivity index (χ0v) is 33.7. The molecule has 9 rings (SSSR count). The van der Waals surface area contributed by atoms with Gasteiger partial charge in [0.25, 0.3) is 0 Å². The van der Waals surface area contributed by atoms with E-state index >= 15 is 0 Å². The highest BCUT2D eigenvalue weighted by atomic mass is 19.1. The van der Waals surface area contributed by atoms with E-state index in [4.69, 9.17) is 19.2 Å². The van der Waals surface area contributed by atoms with Crippen molar-refractivity contribution in [3.05, 3.63) is 66.5 Å². The van der Waals surface area contributed by atoms with Crippen molar-refractivity contribution in [3.8, 4) is 39.5 Å². The fourth-order valence-corrected chi connectivity index (χ4v) is 8.91. The first-order valence-electron chi connectivity index (χ1n) is 20.3. The monoisotopic (exact) mass is 777 g/mol. The highest BCUT2D eigenvalue weighted by Gasteiger charge is 2.42. The number of hydrogen-bond donors (Lipinski definition) is 2. The van der Waals surface area contributed by atoms with Gasteiger partial charge in [-0.05, 0) is 97.6 Å². The van der Waals surface area contributed by atoms with E-state index in [9.17, 15) is 14.0 Å². The number of hydrogen-bond acceptors (Lipinski definition) is 7. The average Bonchev–Trinajstić information content (AvgIpc) is 3.96. The van der Waals surface area contributed by atoms with Gasteiger partial charge < -0.3 is 28.7 Å². The number of alkyl halides is 1. The molecule has 6 heterocycles. The lowest BCUT2D eigenvalue weighted by Gasteiger charge is -2.43. The molecule has 1 spiro atoms. The van der Waals surface area contributed by atoms with Crippen LogP contribution in [0.15, 0.2) is 54.9 Å². The van der Waals surface area contributed by atoms with Crippen LogP contribution in [0.4, 0.5) is 14.0 Å². The van der Waals surface area contributed by atoms with E-state index in [1.54, 1.807) is 31.9 Å². The van der Waals surface area contributed by atoms with Crippen LogP contribution in [0.25, 0.3) is 44.7 Å². The highest BCUT2D eigenvalue weighted by Crippen LogP contribution is 2.48. The van der Waals surface area contributed by atoms with Gasteiger partial charge in [0.2, 0.25) is 0 Å². The Morgan fingerprint density at radius 2 is 1.49 bits per heavy atom. The molecular weight excluding hydrogens is 726 g/mol. The second-order valence-corrected chi connectivity index (χ2v) is 18.4. The van der Waals surface area contributed by atoms with Crippen LogP contribution in [0.5, 0.6) is 5.75 Å². The van der Waals surface area contributed by atoms with Gasteiger partial charge in [-0.1, -0.05) is 18.6 Å². The molecule has 0 bridgehead atoms. The molecule has 2 unspecified atom stereocenters. The molecule has 2 saturated heterocycles. The minimum atomic E-state index is -1.16. The molecule has 3 fully saturated rings. The molecule has 2 amide bonds. The second kappa shape index (κ2) is 13.7. The summed E-state index contributed by atoms with van der Waals surface area (Å²) in [6.45, 7) is 13.2. The number of H-pyrrole nitrogens is 2. The summed E-state index contributed by atoms with van der Waals surface area (Å²) < 4.78 is 35.2. The molecule has 0 radical (unpaired) electrons. The number of fused-ring (bicyclic) bond motifs is 5. The molecule has 3 atom stereocenters. The van der Waals surface area contributed by atoms with Gasteiger partial charge in [-0.2, -0.15) is 0 Å². The molecule has 4 aliphatic rings. The van der Waals surface area contributed by atoms with E-state index in [-0.39, 0.29) is 30.5 Å². The van der Waals surface area contributed by atoms with Crippen molar-refractivity contribution >= 4 is 23.1 Å². The molecule has 2 aromatic carbocycles. The molecule has 1 aliphatic carbocycles. The Labute approximate surface area is 332 Å². The fraction of sp³-hybridized carbons (Fsp3) is 0.500. The van der Waals surface area contributed by atoms with Gasteiger partial charge in [0.15, 0.2) is 0 Å². The van der Waals surface area contributed by atoms with Crippen LogP contribution >= 0.6 is 0 Å². The van der Waals surface area contributed by atoms with E-state index in [2.05, 4.69) is 62.0 Å². The largest absolute Gasteiger partial charge is 0.492 e. The number of carbonyl (C=O) groups is 2. The van der Waals surface area contributed by atoms with Crippen molar-refractivity contribution in [3.63, 3.8) is 0 Å². The number of nitrogens with one attached hydrogen (secondary N) is 2. The first-order valence-corrected chi connectivity index (χ1v) is 20.3. The van der Waals surface area contributed by atoms with Gasteiger partial charge in [0.1, 0.15) is 34.8 Å². The molecule has 3 aliphatic heterocycles. The van der Waals surface area contributed by atoms with Crippen LogP contribution in [-0.4, -0.2) is 83.6 Å². The lowest BCUT2D eigenvalue weighted by atomic mass is 9.69. The van der Waals surface area contributed by atoms with Crippen LogP contribution in [0.1, 0.15) is 104 Å². The van der Waals surface area contributed by atoms with Crippen LogP contribution in [0.3, 0.4) is 0 Å². The van der Waals surface area contributed by atoms with Gasteiger partial charge in [-0.3, -0.25) is 9.80 Å². The van der Waals surface area contributed by atoms with Gasteiger partial charge in [-0.25, -0.2) is 23.9 Å². The number of amides is 2.